The van der Waals surface area contributed by atoms with Crippen molar-refractivity contribution in [1.82, 2.24) is 9.78 Å². The van der Waals surface area contributed by atoms with E-state index in [-0.39, 0.29) is 5.82 Å². The summed E-state index contributed by atoms with van der Waals surface area (Å²) in [6, 6.07) is 4.91. The zero-order valence-electron chi connectivity index (χ0n) is 10.7. The molecule has 0 bridgehead atoms. The van der Waals surface area contributed by atoms with Crippen molar-refractivity contribution in [2.45, 2.75) is 19.9 Å². The normalized spacial score (nSPS) is 10.8. The summed E-state index contributed by atoms with van der Waals surface area (Å²) in [4.78, 5) is 0. The van der Waals surface area contributed by atoms with Crippen LogP contribution in [0.4, 0.5) is 10.1 Å². The molecule has 0 fully saturated rings. The molecule has 0 radical (unpaired) electrons. The standard InChI is InChI=1S/C13H14BrClFN3/c1-3-11-13(15)12(19(2)18-11)7-17-8-4-5-9(14)10(16)6-8/h4-6,17H,3,7H2,1-2H3. The summed E-state index contributed by atoms with van der Waals surface area (Å²) < 4.78 is 15.6. The zero-order chi connectivity index (χ0) is 14.0. The van der Waals surface area contributed by atoms with Crippen molar-refractivity contribution in [1.29, 1.82) is 0 Å². The van der Waals surface area contributed by atoms with Crippen molar-refractivity contribution in [2.24, 2.45) is 7.05 Å². The second kappa shape index (κ2) is 5.92. The van der Waals surface area contributed by atoms with Gasteiger partial charge in [-0.15, -0.1) is 0 Å². The minimum absolute atomic E-state index is 0.296. The van der Waals surface area contributed by atoms with Crippen LogP contribution in [0.25, 0.3) is 0 Å². The summed E-state index contributed by atoms with van der Waals surface area (Å²) in [6.45, 7) is 2.51. The number of nitrogens with zero attached hydrogens (tertiary/aromatic N) is 2. The molecule has 0 unspecified atom stereocenters. The van der Waals surface area contributed by atoms with Crippen LogP contribution < -0.4 is 5.32 Å². The van der Waals surface area contributed by atoms with Gasteiger partial charge in [0.05, 0.1) is 27.4 Å². The van der Waals surface area contributed by atoms with Crippen molar-refractivity contribution in [2.75, 3.05) is 5.32 Å². The molecular weight excluding hydrogens is 333 g/mol. The molecule has 1 N–H and O–H groups in total. The Morgan fingerprint density at radius 1 is 1.47 bits per heavy atom. The number of benzene rings is 1. The number of hydrogen-bond acceptors (Lipinski definition) is 2. The maximum Gasteiger partial charge on any atom is 0.139 e. The molecule has 3 nitrogen and oxygen atoms in total. The summed E-state index contributed by atoms with van der Waals surface area (Å²) in [5.74, 6) is -0.296. The topological polar surface area (TPSA) is 29.9 Å². The molecule has 102 valence electrons. The molecular formula is C13H14BrClFN3. The highest BCUT2D eigenvalue weighted by Crippen LogP contribution is 2.23. The van der Waals surface area contributed by atoms with Crippen molar-refractivity contribution >= 4 is 33.2 Å². The summed E-state index contributed by atoms with van der Waals surface area (Å²) >= 11 is 9.37. The molecule has 1 aromatic heterocycles. The smallest absolute Gasteiger partial charge is 0.139 e. The van der Waals surface area contributed by atoms with Gasteiger partial charge in [0.2, 0.25) is 0 Å². The number of anilines is 1. The number of halogens is 3. The van der Waals surface area contributed by atoms with Crippen molar-refractivity contribution in [3.05, 3.63) is 44.9 Å². The van der Waals surface area contributed by atoms with Crippen LogP contribution >= 0.6 is 27.5 Å². The van der Waals surface area contributed by atoms with Gasteiger partial charge >= 0.3 is 0 Å². The third-order valence-corrected chi connectivity index (χ3v) is 3.96. The van der Waals surface area contributed by atoms with Gasteiger partial charge in [0.1, 0.15) is 5.82 Å². The number of aryl methyl sites for hydroxylation is 2. The fraction of sp³-hybridized carbons (Fsp3) is 0.308. The maximum atomic E-state index is 13.4. The van der Waals surface area contributed by atoms with Crippen LogP contribution in [0.15, 0.2) is 22.7 Å². The van der Waals surface area contributed by atoms with E-state index >= 15 is 0 Å². The van der Waals surface area contributed by atoms with Crippen molar-refractivity contribution in [3.63, 3.8) is 0 Å². The van der Waals surface area contributed by atoms with E-state index in [1.54, 1.807) is 16.8 Å². The molecule has 0 spiro atoms. The molecule has 0 aliphatic carbocycles. The highest BCUT2D eigenvalue weighted by molar-refractivity contribution is 9.10. The Bertz CT molecular complexity index is 598. The second-order valence-corrected chi connectivity index (χ2v) is 5.40. The Labute approximate surface area is 124 Å². The maximum absolute atomic E-state index is 13.4. The quantitative estimate of drug-likeness (QED) is 0.901. The van der Waals surface area contributed by atoms with Gasteiger partial charge in [0.15, 0.2) is 0 Å². The minimum Gasteiger partial charge on any atom is -0.379 e. The van der Waals surface area contributed by atoms with E-state index in [0.29, 0.717) is 21.7 Å². The van der Waals surface area contributed by atoms with E-state index < -0.39 is 0 Å². The predicted molar refractivity (Wildman–Crippen MR) is 79.0 cm³/mol. The van der Waals surface area contributed by atoms with Gasteiger partial charge in [-0.05, 0) is 40.5 Å². The molecule has 0 amide bonds. The fourth-order valence-electron chi connectivity index (χ4n) is 1.80. The largest absolute Gasteiger partial charge is 0.379 e. The first-order valence-electron chi connectivity index (χ1n) is 5.92. The lowest BCUT2D eigenvalue weighted by Crippen LogP contribution is -2.06. The SMILES string of the molecule is CCc1nn(C)c(CNc2ccc(Br)c(F)c2)c1Cl. The molecule has 2 rings (SSSR count). The summed E-state index contributed by atoms with van der Waals surface area (Å²) in [7, 11) is 1.85. The molecule has 0 saturated heterocycles. The summed E-state index contributed by atoms with van der Waals surface area (Å²) in [5, 5.41) is 8.15. The van der Waals surface area contributed by atoms with Gasteiger partial charge in [-0.3, -0.25) is 4.68 Å². The van der Waals surface area contributed by atoms with Gasteiger partial charge in [-0.2, -0.15) is 5.10 Å². The Kier molecular flexibility index (Phi) is 4.47. The number of hydrogen-bond donors (Lipinski definition) is 1. The van der Waals surface area contributed by atoms with Crippen LogP contribution in [0.3, 0.4) is 0 Å². The molecule has 6 heteroatoms. The molecule has 0 atom stereocenters. The molecule has 0 aliphatic heterocycles. The van der Waals surface area contributed by atoms with Gasteiger partial charge in [-0.25, -0.2) is 4.39 Å². The summed E-state index contributed by atoms with van der Waals surface area (Å²) in [6.07, 6.45) is 0.791. The van der Waals surface area contributed by atoms with Gasteiger partial charge in [0, 0.05) is 12.7 Å². The first-order valence-corrected chi connectivity index (χ1v) is 7.09. The Morgan fingerprint density at radius 2 is 2.21 bits per heavy atom. The minimum atomic E-state index is -0.296. The number of aromatic nitrogens is 2. The highest BCUT2D eigenvalue weighted by atomic mass is 79.9. The van der Waals surface area contributed by atoms with E-state index in [9.17, 15) is 4.39 Å². The molecule has 2 aromatic rings. The monoisotopic (exact) mass is 345 g/mol. The first-order chi connectivity index (χ1) is 9.02. The number of nitrogens with one attached hydrogen (secondary N) is 1. The third kappa shape index (κ3) is 3.09. The zero-order valence-corrected chi connectivity index (χ0v) is 13.0. The van der Waals surface area contributed by atoms with Crippen molar-refractivity contribution in [3.8, 4) is 0 Å². The van der Waals surface area contributed by atoms with E-state index in [1.807, 2.05) is 14.0 Å². The fourth-order valence-corrected chi connectivity index (χ4v) is 2.41. The summed E-state index contributed by atoms with van der Waals surface area (Å²) in [5.41, 5.74) is 2.47. The number of rotatable bonds is 4. The van der Waals surface area contributed by atoms with Crippen LogP contribution in [0.2, 0.25) is 5.02 Å². The van der Waals surface area contributed by atoms with Gasteiger partial charge < -0.3 is 5.32 Å². The average molecular weight is 347 g/mol. The van der Waals surface area contributed by atoms with Crippen LogP contribution in [-0.4, -0.2) is 9.78 Å². The third-order valence-electron chi connectivity index (χ3n) is 2.88. The Balaban J connectivity index is 2.14. The van der Waals surface area contributed by atoms with Crippen LogP contribution in [0.5, 0.6) is 0 Å². The van der Waals surface area contributed by atoms with E-state index in [1.165, 1.54) is 6.07 Å². The van der Waals surface area contributed by atoms with E-state index in [2.05, 4.69) is 26.3 Å². The molecule has 0 saturated carbocycles. The molecule has 1 heterocycles. The lowest BCUT2D eigenvalue weighted by atomic mass is 10.2. The van der Waals surface area contributed by atoms with E-state index in [0.717, 1.165) is 17.8 Å². The highest BCUT2D eigenvalue weighted by Gasteiger charge is 2.12. The van der Waals surface area contributed by atoms with Crippen molar-refractivity contribution < 1.29 is 4.39 Å². The second-order valence-electron chi connectivity index (χ2n) is 4.17. The Morgan fingerprint density at radius 3 is 2.79 bits per heavy atom. The molecule has 1 aromatic carbocycles. The lowest BCUT2D eigenvalue weighted by Gasteiger charge is -2.08. The van der Waals surface area contributed by atoms with Crippen LogP contribution in [-0.2, 0) is 20.0 Å². The van der Waals surface area contributed by atoms with Crippen LogP contribution in [0.1, 0.15) is 18.3 Å². The average Bonchev–Trinajstić information content (AvgIpc) is 2.66. The van der Waals surface area contributed by atoms with Gasteiger partial charge in [0.25, 0.3) is 0 Å². The predicted octanol–water partition coefficient (Wildman–Crippen LogP) is 4.15. The molecule has 19 heavy (non-hydrogen) atoms. The Hall–Kier alpha value is -1.07. The van der Waals surface area contributed by atoms with E-state index in [4.69, 9.17) is 11.6 Å². The van der Waals surface area contributed by atoms with Gasteiger partial charge in [-0.1, -0.05) is 18.5 Å². The molecule has 0 aliphatic rings. The van der Waals surface area contributed by atoms with Crippen LogP contribution in [0, 0.1) is 5.82 Å². The lowest BCUT2D eigenvalue weighted by molar-refractivity contribution is 0.621. The first kappa shape index (κ1) is 14.3.